The first-order valence-electron chi connectivity index (χ1n) is 5.72. The standard InChI is InChI=1S/C11H22N4S/c1-5-8(2)15(4)7-6-13-11-9(3)10(12)14-16-11/h8,13H,5-7H2,1-4H3,(H2,12,14). The number of hydrogen-bond donors (Lipinski definition) is 2. The normalized spacial score (nSPS) is 13.1. The fourth-order valence-corrected chi connectivity index (χ4v) is 2.13. The minimum absolute atomic E-state index is 0.634. The first-order chi connectivity index (χ1) is 7.56. The van der Waals surface area contributed by atoms with Crippen molar-refractivity contribution >= 4 is 22.4 Å². The summed E-state index contributed by atoms with van der Waals surface area (Å²) in [5.74, 6) is 0.641. The summed E-state index contributed by atoms with van der Waals surface area (Å²) < 4.78 is 4.11. The zero-order chi connectivity index (χ0) is 12.1. The molecular formula is C11H22N4S. The summed E-state index contributed by atoms with van der Waals surface area (Å²) in [5.41, 5.74) is 6.76. The Hall–Kier alpha value is -0.810. The number of aromatic nitrogens is 1. The lowest BCUT2D eigenvalue weighted by Crippen LogP contribution is -2.32. The molecule has 3 N–H and O–H groups in total. The summed E-state index contributed by atoms with van der Waals surface area (Å²) >= 11 is 1.44. The largest absolute Gasteiger partial charge is 0.383 e. The van der Waals surface area contributed by atoms with E-state index < -0.39 is 0 Å². The Balaban J connectivity index is 2.33. The molecular weight excluding hydrogens is 220 g/mol. The van der Waals surface area contributed by atoms with Crippen molar-refractivity contribution in [3.8, 4) is 0 Å². The molecule has 0 radical (unpaired) electrons. The number of nitrogen functional groups attached to an aromatic ring is 1. The molecule has 0 aromatic carbocycles. The van der Waals surface area contributed by atoms with Crippen molar-refractivity contribution < 1.29 is 0 Å². The molecule has 0 bridgehead atoms. The molecule has 1 heterocycles. The second kappa shape index (κ2) is 6.06. The molecule has 0 saturated heterocycles. The van der Waals surface area contributed by atoms with Crippen LogP contribution in [0, 0.1) is 6.92 Å². The van der Waals surface area contributed by atoms with E-state index in [-0.39, 0.29) is 0 Å². The first-order valence-corrected chi connectivity index (χ1v) is 6.49. The van der Waals surface area contributed by atoms with Gasteiger partial charge in [-0.25, -0.2) is 0 Å². The molecule has 16 heavy (non-hydrogen) atoms. The summed E-state index contributed by atoms with van der Waals surface area (Å²) in [6, 6.07) is 0.634. The van der Waals surface area contributed by atoms with Crippen LogP contribution in [0.2, 0.25) is 0 Å². The van der Waals surface area contributed by atoms with Gasteiger partial charge in [0, 0.05) is 24.7 Å². The quantitative estimate of drug-likeness (QED) is 0.803. The van der Waals surface area contributed by atoms with Gasteiger partial charge in [0.15, 0.2) is 0 Å². The molecule has 0 aliphatic carbocycles. The van der Waals surface area contributed by atoms with E-state index >= 15 is 0 Å². The molecule has 0 saturated carbocycles. The smallest absolute Gasteiger partial charge is 0.142 e. The highest BCUT2D eigenvalue weighted by atomic mass is 32.1. The van der Waals surface area contributed by atoms with Crippen molar-refractivity contribution in [3.05, 3.63) is 5.56 Å². The predicted molar refractivity (Wildman–Crippen MR) is 72.1 cm³/mol. The Bertz CT molecular complexity index is 324. The van der Waals surface area contributed by atoms with E-state index in [4.69, 9.17) is 5.73 Å². The SMILES string of the molecule is CCC(C)N(C)CCNc1snc(N)c1C. The minimum atomic E-state index is 0.634. The Morgan fingerprint density at radius 1 is 1.56 bits per heavy atom. The number of likely N-dealkylation sites (N-methyl/N-ethyl adjacent to an activating group) is 1. The van der Waals surface area contributed by atoms with Crippen LogP contribution in [0.1, 0.15) is 25.8 Å². The molecule has 1 aromatic rings. The second-order valence-corrected chi connectivity index (χ2v) is 4.96. The number of nitrogens with two attached hydrogens (primary N) is 1. The zero-order valence-corrected chi connectivity index (χ0v) is 11.4. The number of hydrogen-bond acceptors (Lipinski definition) is 5. The third-order valence-corrected chi connectivity index (χ3v) is 3.97. The van der Waals surface area contributed by atoms with Crippen LogP contribution in [0.4, 0.5) is 10.8 Å². The van der Waals surface area contributed by atoms with Gasteiger partial charge in [-0.05, 0) is 38.8 Å². The van der Waals surface area contributed by atoms with Crippen LogP contribution in [0.5, 0.6) is 0 Å². The third-order valence-electron chi connectivity index (χ3n) is 3.05. The van der Waals surface area contributed by atoms with Crippen LogP contribution >= 0.6 is 11.5 Å². The van der Waals surface area contributed by atoms with Gasteiger partial charge in [-0.15, -0.1) is 0 Å². The first kappa shape index (κ1) is 13.3. The average Bonchev–Trinajstić information content (AvgIpc) is 2.59. The highest BCUT2D eigenvalue weighted by Gasteiger charge is 2.08. The molecule has 0 fully saturated rings. The van der Waals surface area contributed by atoms with Gasteiger partial charge >= 0.3 is 0 Å². The number of anilines is 2. The maximum Gasteiger partial charge on any atom is 0.142 e. The average molecular weight is 242 g/mol. The Labute approximate surface area is 102 Å². The van der Waals surface area contributed by atoms with Gasteiger partial charge in [0.25, 0.3) is 0 Å². The molecule has 1 atom stereocenters. The summed E-state index contributed by atoms with van der Waals surface area (Å²) in [7, 11) is 2.16. The molecule has 5 heteroatoms. The van der Waals surface area contributed by atoms with Gasteiger partial charge in [-0.1, -0.05) is 6.92 Å². The summed E-state index contributed by atoms with van der Waals surface area (Å²) in [5, 5.41) is 4.47. The van der Waals surface area contributed by atoms with Crippen LogP contribution in [-0.4, -0.2) is 35.5 Å². The summed E-state index contributed by atoms with van der Waals surface area (Å²) in [6.07, 6.45) is 1.18. The summed E-state index contributed by atoms with van der Waals surface area (Å²) in [4.78, 5) is 2.35. The lowest BCUT2D eigenvalue weighted by Gasteiger charge is -2.23. The van der Waals surface area contributed by atoms with E-state index in [9.17, 15) is 0 Å². The molecule has 0 aliphatic rings. The second-order valence-electron chi connectivity index (χ2n) is 4.19. The van der Waals surface area contributed by atoms with E-state index in [1.54, 1.807) is 0 Å². The highest BCUT2D eigenvalue weighted by molar-refractivity contribution is 7.10. The molecule has 0 spiro atoms. The number of nitrogens with zero attached hydrogens (tertiary/aromatic N) is 2. The highest BCUT2D eigenvalue weighted by Crippen LogP contribution is 2.24. The van der Waals surface area contributed by atoms with E-state index in [0.29, 0.717) is 11.9 Å². The van der Waals surface area contributed by atoms with Gasteiger partial charge in [0.2, 0.25) is 0 Å². The van der Waals surface area contributed by atoms with E-state index in [0.717, 1.165) is 23.7 Å². The monoisotopic (exact) mass is 242 g/mol. The Morgan fingerprint density at radius 2 is 2.25 bits per heavy atom. The molecule has 0 aliphatic heterocycles. The summed E-state index contributed by atoms with van der Waals surface area (Å²) in [6.45, 7) is 8.42. The van der Waals surface area contributed by atoms with Crippen LogP contribution in [-0.2, 0) is 0 Å². The molecule has 1 rings (SSSR count). The van der Waals surface area contributed by atoms with Gasteiger partial charge in [0.1, 0.15) is 10.8 Å². The Morgan fingerprint density at radius 3 is 2.75 bits per heavy atom. The fraction of sp³-hybridized carbons (Fsp3) is 0.727. The van der Waals surface area contributed by atoms with Crippen LogP contribution in [0.15, 0.2) is 0 Å². The lowest BCUT2D eigenvalue weighted by atomic mass is 10.2. The van der Waals surface area contributed by atoms with Crippen molar-refractivity contribution in [2.75, 3.05) is 31.2 Å². The van der Waals surface area contributed by atoms with Crippen LogP contribution < -0.4 is 11.1 Å². The van der Waals surface area contributed by atoms with Crippen molar-refractivity contribution in [3.63, 3.8) is 0 Å². The molecule has 0 amide bonds. The molecule has 4 nitrogen and oxygen atoms in total. The minimum Gasteiger partial charge on any atom is -0.383 e. The van der Waals surface area contributed by atoms with Crippen LogP contribution in [0.25, 0.3) is 0 Å². The van der Waals surface area contributed by atoms with Crippen LogP contribution in [0.3, 0.4) is 0 Å². The predicted octanol–water partition coefficient (Wildman–Crippen LogP) is 2.18. The molecule has 1 unspecified atom stereocenters. The fourth-order valence-electron chi connectivity index (χ4n) is 1.39. The Kier molecular flexibility index (Phi) is 5.02. The number of rotatable bonds is 6. The van der Waals surface area contributed by atoms with Gasteiger partial charge in [-0.3, -0.25) is 0 Å². The maximum atomic E-state index is 5.69. The van der Waals surface area contributed by atoms with E-state index in [1.165, 1.54) is 18.0 Å². The van der Waals surface area contributed by atoms with Gasteiger partial charge in [-0.2, -0.15) is 4.37 Å². The van der Waals surface area contributed by atoms with Gasteiger partial charge in [0.05, 0.1) is 0 Å². The maximum absolute atomic E-state index is 5.69. The zero-order valence-electron chi connectivity index (χ0n) is 10.6. The molecule has 92 valence electrons. The van der Waals surface area contributed by atoms with Crippen molar-refractivity contribution in [1.82, 2.24) is 9.27 Å². The van der Waals surface area contributed by atoms with Crippen molar-refractivity contribution in [1.29, 1.82) is 0 Å². The molecule has 1 aromatic heterocycles. The van der Waals surface area contributed by atoms with Gasteiger partial charge < -0.3 is 16.0 Å². The van der Waals surface area contributed by atoms with Crippen molar-refractivity contribution in [2.24, 2.45) is 0 Å². The lowest BCUT2D eigenvalue weighted by molar-refractivity contribution is 0.261. The third kappa shape index (κ3) is 3.35. The van der Waals surface area contributed by atoms with E-state index in [2.05, 4.69) is 35.5 Å². The number of nitrogens with one attached hydrogen (secondary N) is 1. The topological polar surface area (TPSA) is 54.2 Å². The van der Waals surface area contributed by atoms with E-state index in [1.807, 2.05) is 6.92 Å². The van der Waals surface area contributed by atoms with Crippen molar-refractivity contribution in [2.45, 2.75) is 33.2 Å².